The molecule has 0 aliphatic carbocycles. The molecule has 2 aromatic carbocycles. The highest BCUT2D eigenvalue weighted by Crippen LogP contribution is 2.22. The highest BCUT2D eigenvalue weighted by Gasteiger charge is 2.15. The minimum absolute atomic E-state index is 0.0749. The van der Waals surface area contributed by atoms with Crippen LogP contribution in [0.5, 0.6) is 5.75 Å². The number of benzene rings is 2. The van der Waals surface area contributed by atoms with Crippen molar-refractivity contribution in [1.82, 2.24) is 0 Å². The molecule has 0 saturated heterocycles. The fraction of sp³-hybridized carbons (Fsp3) is 0.0714. The van der Waals surface area contributed by atoms with Gasteiger partial charge in [0.25, 0.3) is 5.91 Å². The molecule has 0 aliphatic heterocycles. The van der Waals surface area contributed by atoms with Crippen LogP contribution < -0.4 is 5.32 Å². The summed E-state index contributed by atoms with van der Waals surface area (Å²) >= 11 is 0. The summed E-state index contributed by atoms with van der Waals surface area (Å²) in [6.45, 7) is 1.52. The van der Waals surface area contributed by atoms with Gasteiger partial charge in [0.05, 0.1) is 0 Å². The number of carbonyl (C=O) groups is 1. The van der Waals surface area contributed by atoms with E-state index in [1.807, 2.05) is 0 Å². The minimum atomic E-state index is -1.60. The molecule has 0 unspecified atom stereocenters. The van der Waals surface area contributed by atoms with E-state index in [0.717, 1.165) is 0 Å². The number of rotatable bonds is 2. The lowest BCUT2D eigenvalue weighted by atomic mass is 10.1. The Morgan fingerprint density at radius 2 is 1.75 bits per heavy atom. The van der Waals surface area contributed by atoms with Gasteiger partial charge in [0.15, 0.2) is 17.5 Å². The summed E-state index contributed by atoms with van der Waals surface area (Å²) in [5, 5.41) is 11.7. The highest BCUT2D eigenvalue weighted by atomic mass is 19.2. The maximum atomic E-state index is 13.0. The molecule has 0 heterocycles. The molecule has 6 heteroatoms. The summed E-state index contributed by atoms with van der Waals surface area (Å²) in [5.41, 5.74) is 0.261. The lowest BCUT2D eigenvalue weighted by molar-refractivity contribution is 0.102. The van der Waals surface area contributed by atoms with Crippen LogP contribution in [0.15, 0.2) is 30.3 Å². The van der Waals surface area contributed by atoms with Crippen molar-refractivity contribution in [1.29, 1.82) is 0 Å². The van der Waals surface area contributed by atoms with Crippen LogP contribution in [-0.2, 0) is 0 Å². The van der Waals surface area contributed by atoms with Crippen LogP contribution in [0.3, 0.4) is 0 Å². The van der Waals surface area contributed by atoms with Gasteiger partial charge in [0.1, 0.15) is 5.75 Å². The maximum absolute atomic E-state index is 13.0. The van der Waals surface area contributed by atoms with Crippen LogP contribution >= 0.6 is 0 Å². The van der Waals surface area contributed by atoms with Gasteiger partial charge in [-0.15, -0.1) is 0 Å². The molecule has 0 aromatic heterocycles. The predicted molar refractivity (Wildman–Crippen MR) is 67.1 cm³/mol. The molecule has 0 radical (unpaired) electrons. The van der Waals surface area contributed by atoms with Crippen LogP contribution in [0.25, 0.3) is 0 Å². The maximum Gasteiger partial charge on any atom is 0.256 e. The number of phenols is 1. The van der Waals surface area contributed by atoms with Crippen molar-refractivity contribution in [2.24, 2.45) is 0 Å². The second kappa shape index (κ2) is 5.24. The SMILES string of the molecule is Cc1c(O)cccc1C(=O)Nc1cc(F)c(F)c(F)c1. The number of nitrogens with one attached hydrogen (secondary N) is 1. The second-order valence-corrected chi connectivity index (χ2v) is 4.16. The standard InChI is InChI=1S/C14H10F3NO2/c1-7-9(3-2-4-12(7)19)14(20)18-8-5-10(15)13(17)11(16)6-8/h2-6,19H,1H3,(H,18,20). The number of hydrogen-bond acceptors (Lipinski definition) is 2. The molecule has 0 saturated carbocycles. The van der Waals surface area contributed by atoms with Gasteiger partial charge >= 0.3 is 0 Å². The van der Waals surface area contributed by atoms with Crippen LogP contribution in [0.4, 0.5) is 18.9 Å². The lowest BCUT2D eigenvalue weighted by Gasteiger charge is -2.09. The van der Waals surface area contributed by atoms with Gasteiger partial charge < -0.3 is 10.4 Å². The highest BCUT2D eigenvalue weighted by molar-refractivity contribution is 6.05. The largest absolute Gasteiger partial charge is 0.508 e. The number of hydrogen-bond donors (Lipinski definition) is 2. The summed E-state index contributed by atoms with van der Waals surface area (Å²) < 4.78 is 38.9. The number of aromatic hydroxyl groups is 1. The molecule has 0 bridgehead atoms. The van der Waals surface area contributed by atoms with Gasteiger partial charge in [-0.1, -0.05) is 6.07 Å². The molecule has 0 spiro atoms. The normalized spacial score (nSPS) is 10.4. The molecule has 0 aliphatic rings. The first-order valence-corrected chi connectivity index (χ1v) is 5.64. The first-order valence-electron chi connectivity index (χ1n) is 5.64. The van der Waals surface area contributed by atoms with Crippen molar-refractivity contribution >= 4 is 11.6 Å². The molecule has 3 nitrogen and oxygen atoms in total. The summed E-state index contributed by atoms with van der Waals surface area (Å²) in [6, 6.07) is 5.66. The van der Waals surface area contributed by atoms with Gasteiger partial charge in [-0.05, 0) is 19.1 Å². The van der Waals surface area contributed by atoms with Crippen molar-refractivity contribution in [2.75, 3.05) is 5.32 Å². The Hall–Kier alpha value is -2.50. The van der Waals surface area contributed by atoms with Crippen molar-refractivity contribution in [3.8, 4) is 5.75 Å². The van der Waals surface area contributed by atoms with E-state index in [-0.39, 0.29) is 17.0 Å². The quantitative estimate of drug-likeness (QED) is 0.829. The lowest BCUT2D eigenvalue weighted by Crippen LogP contribution is -2.14. The molecular weight excluding hydrogens is 271 g/mol. The van der Waals surface area contributed by atoms with E-state index in [0.29, 0.717) is 17.7 Å². The van der Waals surface area contributed by atoms with Crippen LogP contribution in [0, 0.1) is 24.4 Å². The fourth-order valence-corrected chi connectivity index (χ4v) is 1.70. The molecule has 2 rings (SSSR count). The summed E-state index contributed by atoms with van der Waals surface area (Å²) in [6.07, 6.45) is 0. The number of halogens is 3. The average Bonchev–Trinajstić information content (AvgIpc) is 2.39. The smallest absolute Gasteiger partial charge is 0.256 e. The van der Waals surface area contributed by atoms with E-state index in [2.05, 4.69) is 5.32 Å². The third kappa shape index (κ3) is 2.59. The Bertz CT molecular complexity index is 663. The summed E-state index contributed by atoms with van der Waals surface area (Å²) in [7, 11) is 0. The van der Waals surface area contributed by atoms with Crippen LogP contribution in [-0.4, -0.2) is 11.0 Å². The molecule has 2 N–H and O–H groups in total. The first-order chi connectivity index (χ1) is 9.40. The second-order valence-electron chi connectivity index (χ2n) is 4.16. The number of anilines is 1. The number of phenolic OH excluding ortho intramolecular Hbond substituents is 1. The third-order valence-corrected chi connectivity index (χ3v) is 2.79. The van der Waals surface area contributed by atoms with Gasteiger partial charge in [-0.2, -0.15) is 0 Å². The Morgan fingerprint density at radius 3 is 2.35 bits per heavy atom. The minimum Gasteiger partial charge on any atom is -0.508 e. The Morgan fingerprint density at radius 1 is 1.15 bits per heavy atom. The monoisotopic (exact) mass is 281 g/mol. The number of carbonyl (C=O) groups excluding carboxylic acids is 1. The molecular formula is C14H10F3NO2. The Labute approximate surface area is 112 Å². The van der Waals surface area contributed by atoms with E-state index >= 15 is 0 Å². The van der Waals surface area contributed by atoms with Crippen molar-refractivity contribution in [2.45, 2.75) is 6.92 Å². The molecule has 0 fully saturated rings. The topological polar surface area (TPSA) is 49.3 Å². The number of amides is 1. The zero-order chi connectivity index (χ0) is 14.9. The van der Waals surface area contributed by atoms with Crippen molar-refractivity contribution in [3.63, 3.8) is 0 Å². The third-order valence-electron chi connectivity index (χ3n) is 2.79. The van der Waals surface area contributed by atoms with Crippen molar-refractivity contribution < 1.29 is 23.1 Å². The van der Waals surface area contributed by atoms with E-state index in [1.165, 1.54) is 25.1 Å². The Kier molecular flexibility index (Phi) is 3.65. The molecule has 20 heavy (non-hydrogen) atoms. The van der Waals surface area contributed by atoms with E-state index in [4.69, 9.17) is 0 Å². The van der Waals surface area contributed by atoms with Gasteiger partial charge in [0.2, 0.25) is 0 Å². The van der Waals surface area contributed by atoms with Crippen LogP contribution in [0.2, 0.25) is 0 Å². The van der Waals surface area contributed by atoms with Crippen molar-refractivity contribution in [3.05, 3.63) is 58.9 Å². The van der Waals surface area contributed by atoms with Gasteiger partial charge in [-0.25, -0.2) is 13.2 Å². The van der Waals surface area contributed by atoms with Gasteiger partial charge in [0, 0.05) is 28.9 Å². The molecule has 0 atom stereocenters. The summed E-state index contributed by atoms with van der Waals surface area (Å²) in [4.78, 5) is 11.9. The van der Waals surface area contributed by atoms with Crippen LogP contribution in [0.1, 0.15) is 15.9 Å². The van der Waals surface area contributed by atoms with E-state index in [1.54, 1.807) is 0 Å². The first kappa shape index (κ1) is 13.9. The zero-order valence-electron chi connectivity index (χ0n) is 10.4. The molecule has 104 valence electrons. The average molecular weight is 281 g/mol. The predicted octanol–water partition coefficient (Wildman–Crippen LogP) is 3.37. The fourth-order valence-electron chi connectivity index (χ4n) is 1.70. The van der Waals surface area contributed by atoms with E-state index < -0.39 is 23.4 Å². The van der Waals surface area contributed by atoms with Gasteiger partial charge in [-0.3, -0.25) is 4.79 Å². The Balaban J connectivity index is 2.30. The van der Waals surface area contributed by atoms with E-state index in [9.17, 15) is 23.1 Å². The molecule has 1 amide bonds. The molecule has 2 aromatic rings. The zero-order valence-corrected chi connectivity index (χ0v) is 10.4. The summed E-state index contributed by atoms with van der Waals surface area (Å²) in [5.74, 6) is -5.13.